The Morgan fingerprint density at radius 3 is 2.62 bits per heavy atom. The SMILES string of the molecule is CCc1ccc(S(=O)(=O)Nc2cccc(CS(=O)C3CCCCC3)c2)s1. The number of anilines is 1. The van der Waals surface area contributed by atoms with Gasteiger partial charge in [-0.1, -0.05) is 38.3 Å². The van der Waals surface area contributed by atoms with Gasteiger partial charge in [0.2, 0.25) is 0 Å². The number of nitrogens with one attached hydrogen (secondary N) is 1. The number of rotatable bonds is 7. The maximum absolute atomic E-state index is 12.6. The van der Waals surface area contributed by atoms with Gasteiger partial charge in [0.05, 0.1) is 0 Å². The number of thiophene rings is 1. The van der Waals surface area contributed by atoms with E-state index in [2.05, 4.69) is 4.72 Å². The fraction of sp³-hybridized carbons (Fsp3) is 0.474. The Labute approximate surface area is 162 Å². The maximum atomic E-state index is 12.6. The molecule has 1 aliphatic carbocycles. The van der Waals surface area contributed by atoms with Gasteiger partial charge in [-0.05, 0) is 49.1 Å². The Hall–Kier alpha value is -1.18. The summed E-state index contributed by atoms with van der Waals surface area (Å²) in [5, 5.41) is 0.280. The van der Waals surface area contributed by atoms with Crippen LogP contribution < -0.4 is 4.72 Å². The summed E-state index contributed by atoms with van der Waals surface area (Å²) >= 11 is 1.29. The molecule has 4 nitrogen and oxygen atoms in total. The van der Waals surface area contributed by atoms with Gasteiger partial charge in [0.1, 0.15) is 4.21 Å². The van der Waals surface area contributed by atoms with Crippen molar-refractivity contribution in [2.75, 3.05) is 4.72 Å². The van der Waals surface area contributed by atoms with Crippen LogP contribution in [0, 0.1) is 0 Å². The van der Waals surface area contributed by atoms with Crippen LogP contribution in [-0.4, -0.2) is 17.9 Å². The van der Waals surface area contributed by atoms with Gasteiger partial charge >= 0.3 is 0 Å². The van der Waals surface area contributed by atoms with Crippen molar-refractivity contribution >= 4 is 37.8 Å². The molecule has 1 aromatic heterocycles. The minimum Gasteiger partial charge on any atom is -0.279 e. The molecule has 1 saturated carbocycles. The Morgan fingerprint density at radius 2 is 1.92 bits per heavy atom. The van der Waals surface area contributed by atoms with Crippen LogP contribution in [-0.2, 0) is 33.0 Å². The molecule has 142 valence electrons. The third-order valence-corrected chi connectivity index (χ3v) is 9.60. The molecule has 26 heavy (non-hydrogen) atoms. The number of benzene rings is 1. The topological polar surface area (TPSA) is 63.2 Å². The zero-order valence-electron chi connectivity index (χ0n) is 14.9. The number of sulfonamides is 1. The number of hydrogen-bond acceptors (Lipinski definition) is 4. The summed E-state index contributed by atoms with van der Waals surface area (Å²) in [6, 6.07) is 10.8. The van der Waals surface area contributed by atoms with Crippen LogP contribution in [0.4, 0.5) is 5.69 Å². The molecule has 1 N–H and O–H groups in total. The Kier molecular flexibility index (Phi) is 6.53. The smallest absolute Gasteiger partial charge is 0.271 e. The number of hydrogen-bond donors (Lipinski definition) is 1. The Balaban J connectivity index is 1.69. The normalized spacial score (nSPS) is 17.1. The van der Waals surface area contributed by atoms with Crippen molar-refractivity contribution in [1.82, 2.24) is 0 Å². The lowest BCUT2D eigenvalue weighted by molar-refractivity contribution is 0.504. The van der Waals surface area contributed by atoms with Crippen molar-refractivity contribution in [3.8, 4) is 0 Å². The summed E-state index contributed by atoms with van der Waals surface area (Å²) < 4.78 is 40.7. The molecule has 0 spiro atoms. The second kappa shape index (κ2) is 8.67. The van der Waals surface area contributed by atoms with Crippen LogP contribution in [0.15, 0.2) is 40.6 Å². The highest BCUT2D eigenvalue weighted by molar-refractivity contribution is 7.94. The summed E-state index contributed by atoms with van der Waals surface area (Å²) in [5.41, 5.74) is 1.43. The van der Waals surface area contributed by atoms with Gasteiger partial charge in [-0.15, -0.1) is 11.3 Å². The van der Waals surface area contributed by atoms with Gasteiger partial charge in [0.15, 0.2) is 0 Å². The molecule has 0 amide bonds. The molecule has 1 unspecified atom stereocenters. The molecular weight excluding hydrogens is 386 g/mol. The van der Waals surface area contributed by atoms with Crippen molar-refractivity contribution in [1.29, 1.82) is 0 Å². The van der Waals surface area contributed by atoms with Crippen molar-refractivity contribution in [2.45, 2.75) is 60.7 Å². The zero-order valence-corrected chi connectivity index (χ0v) is 17.4. The molecule has 2 aromatic rings. The van der Waals surface area contributed by atoms with E-state index in [0.717, 1.165) is 42.5 Å². The summed E-state index contributed by atoms with van der Waals surface area (Å²) in [6.45, 7) is 2.01. The van der Waals surface area contributed by atoms with E-state index in [1.54, 1.807) is 18.2 Å². The molecule has 0 radical (unpaired) electrons. The molecule has 0 saturated heterocycles. The van der Waals surface area contributed by atoms with E-state index in [9.17, 15) is 12.6 Å². The lowest BCUT2D eigenvalue weighted by atomic mass is 10.0. The highest BCUT2D eigenvalue weighted by atomic mass is 32.2. The van der Waals surface area contributed by atoms with Crippen LogP contribution in [0.5, 0.6) is 0 Å². The lowest BCUT2D eigenvalue weighted by Crippen LogP contribution is -2.19. The summed E-state index contributed by atoms with van der Waals surface area (Å²) in [5.74, 6) is 0.485. The fourth-order valence-electron chi connectivity index (χ4n) is 3.23. The van der Waals surface area contributed by atoms with Crippen LogP contribution in [0.25, 0.3) is 0 Å². The first kappa shape index (κ1) is 19.6. The minimum atomic E-state index is -3.58. The van der Waals surface area contributed by atoms with E-state index in [1.807, 2.05) is 25.1 Å². The van der Waals surface area contributed by atoms with E-state index in [4.69, 9.17) is 0 Å². The molecule has 1 aromatic carbocycles. The summed E-state index contributed by atoms with van der Waals surface area (Å²) in [6.07, 6.45) is 6.47. The molecule has 3 rings (SSSR count). The van der Waals surface area contributed by atoms with Crippen molar-refractivity contribution in [2.24, 2.45) is 0 Å². The highest BCUT2D eigenvalue weighted by Gasteiger charge is 2.20. The van der Waals surface area contributed by atoms with Crippen LogP contribution in [0.1, 0.15) is 49.5 Å². The van der Waals surface area contributed by atoms with E-state index >= 15 is 0 Å². The first-order chi connectivity index (χ1) is 12.5. The zero-order chi connectivity index (χ0) is 18.6. The fourth-order valence-corrected chi connectivity index (χ4v) is 7.18. The maximum Gasteiger partial charge on any atom is 0.271 e. The van der Waals surface area contributed by atoms with Gasteiger partial charge < -0.3 is 0 Å². The van der Waals surface area contributed by atoms with Crippen LogP contribution in [0.2, 0.25) is 0 Å². The first-order valence-electron chi connectivity index (χ1n) is 9.05. The van der Waals surface area contributed by atoms with Gasteiger partial charge in [-0.25, -0.2) is 8.42 Å². The third-order valence-electron chi connectivity index (χ3n) is 4.66. The highest BCUT2D eigenvalue weighted by Crippen LogP contribution is 2.26. The molecule has 1 aliphatic rings. The Morgan fingerprint density at radius 1 is 1.15 bits per heavy atom. The largest absolute Gasteiger partial charge is 0.279 e. The van der Waals surface area contributed by atoms with Crippen molar-refractivity contribution in [3.63, 3.8) is 0 Å². The average Bonchev–Trinajstić information content (AvgIpc) is 3.13. The second-order valence-electron chi connectivity index (χ2n) is 6.67. The molecule has 0 aliphatic heterocycles. The molecule has 1 atom stereocenters. The quantitative estimate of drug-likeness (QED) is 0.719. The lowest BCUT2D eigenvalue weighted by Gasteiger charge is -2.21. The average molecular weight is 412 g/mol. The monoisotopic (exact) mass is 411 g/mol. The van der Waals surface area contributed by atoms with Gasteiger partial charge in [-0.3, -0.25) is 8.93 Å². The predicted octanol–water partition coefficient (Wildman–Crippen LogP) is 4.69. The van der Waals surface area contributed by atoms with Crippen LogP contribution in [0.3, 0.4) is 0 Å². The standard InChI is InChI=1S/C19H25NO3S3/c1-2-17-11-12-19(24-17)26(22,23)20-16-8-6-7-15(13-16)14-25(21)18-9-4-3-5-10-18/h6-8,11-13,18,20H,2-5,9-10,14H2,1H3. The van der Waals surface area contributed by atoms with E-state index < -0.39 is 20.8 Å². The molecular formula is C19H25NO3S3. The van der Waals surface area contributed by atoms with E-state index in [0.29, 0.717) is 15.6 Å². The van der Waals surface area contributed by atoms with Crippen molar-refractivity contribution in [3.05, 3.63) is 46.8 Å². The summed E-state index contributed by atoms with van der Waals surface area (Å²) in [7, 11) is -4.47. The van der Waals surface area contributed by atoms with E-state index in [-0.39, 0.29) is 5.25 Å². The first-order valence-corrected chi connectivity index (χ1v) is 12.7. The van der Waals surface area contributed by atoms with Gasteiger partial charge in [0, 0.05) is 32.4 Å². The van der Waals surface area contributed by atoms with Gasteiger partial charge in [-0.2, -0.15) is 0 Å². The number of aryl methyl sites for hydroxylation is 1. The van der Waals surface area contributed by atoms with Crippen LogP contribution >= 0.6 is 11.3 Å². The second-order valence-corrected chi connectivity index (χ2v) is 11.5. The molecule has 1 fully saturated rings. The molecule has 7 heteroatoms. The van der Waals surface area contributed by atoms with Crippen molar-refractivity contribution < 1.29 is 12.6 Å². The molecule has 1 heterocycles. The predicted molar refractivity (Wildman–Crippen MR) is 110 cm³/mol. The van der Waals surface area contributed by atoms with E-state index in [1.165, 1.54) is 17.8 Å². The Bertz CT molecular complexity index is 868. The minimum absolute atomic E-state index is 0.280. The molecule has 0 bridgehead atoms. The third kappa shape index (κ3) is 4.96. The summed E-state index contributed by atoms with van der Waals surface area (Å²) in [4.78, 5) is 1.04. The van der Waals surface area contributed by atoms with Gasteiger partial charge in [0.25, 0.3) is 10.0 Å².